The Morgan fingerprint density at radius 3 is 2.88 bits per heavy atom. The Morgan fingerprint density at radius 1 is 1.25 bits per heavy atom. The number of hydrogen-bond acceptors (Lipinski definition) is 3. The third-order valence-electron chi connectivity index (χ3n) is 3.17. The fourth-order valence-electron chi connectivity index (χ4n) is 2.22. The molecule has 1 aliphatic heterocycles. The van der Waals surface area contributed by atoms with Crippen molar-refractivity contribution < 1.29 is 14.2 Å². The second-order valence-electron chi connectivity index (χ2n) is 4.56. The first-order valence-electron chi connectivity index (χ1n) is 6.44. The lowest BCUT2D eigenvalue weighted by molar-refractivity contribution is -0.0920. The second-order valence-corrected chi connectivity index (χ2v) is 4.56. The Hall–Kier alpha value is -0.540. The first-order chi connectivity index (χ1) is 7.95. The topological polar surface area (TPSA) is 27.7 Å². The van der Waals surface area contributed by atoms with E-state index in [1.165, 1.54) is 31.3 Å². The zero-order chi connectivity index (χ0) is 11.1. The third kappa shape index (κ3) is 4.14. The van der Waals surface area contributed by atoms with Crippen LogP contribution >= 0.6 is 0 Å². The standard InChI is InChI=1S/C13H22O3/c1-2-5-12(4-1)10-14-7-3-6-13-11-15-8-9-16-13/h10,13H,1-9,11H2. The molecule has 2 aliphatic rings. The lowest BCUT2D eigenvalue weighted by Crippen LogP contribution is -2.28. The lowest BCUT2D eigenvalue weighted by atomic mass is 10.2. The maximum atomic E-state index is 5.56. The Morgan fingerprint density at radius 2 is 2.12 bits per heavy atom. The first-order valence-corrected chi connectivity index (χ1v) is 6.44. The molecular formula is C13H22O3. The van der Waals surface area contributed by atoms with Crippen molar-refractivity contribution in [3.63, 3.8) is 0 Å². The molecule has 3 nitrogen and oxygen atoms in total. The van der Waals surface area contributed by atoms with Gasteiger partial charge in [0.25, 0.3) is 0 Å². The molecule has 1 saturated carbocycles. The second kappa shape index (κ2) is 6.92. The summed E-state index contributed by atoms with van der Waals surface area (Å²) in [5.41, 5.74) is 1.48. The fourth-order valence-corrected chi connectivity index (χ4v) is 2.22. The average Bonchev–Trinajstić information content (AvgIpc) is 2.83. The van der Waals surface area contributed by atoms with Crippen LogP contribution < -0.4 is 0 Å². The highest BCUT2D eigenvalue weighted by atomic mass is 16.6. The van der Waals surface area contributed by atoms with Crippen molar-refractivity contribution in [2.24, 2.45) is 0 Å². The highest BCUT2D eigenvalue weighted by Crippen LogP contribution is 2.23. The molecule has 0 aromatic rings. The zero-order valence-electron chi connectivity index (χ0n) is 9.95. The molecule has 0 bridgehead atoms. The SMILES string of the molecule is C(OCCCC1COCCO1)=C1CCCC1. The molecule has 16 heavy (non-hydrogen) atoms. The van der Waals surface area contributed by atoms with Gasteiger partial charge in [-0.05, 0) is 44.1 Å². The quantitative estimate of drug-likeness (QED) is 0.533. The van der Waals surface area contributed by atoms with E-state index in [1.807, 2.05) is 6.26 Å². The van der Waals surface area contributed by atoms with Crippen molar-refractivity contribution in [2.45, 2.75) is 44.6 Å². The van der Waals surface area contributed by atoms with E-state index in [9.17, 15) is 0 Å². The van der Waals surface area contributed by atoms with Crippen molar-refractivity contribution in [1.82, 2.24) is 0 Å². The van der Waals surface area contributed by atoms with Gasteiger partial charge >= 0.3 is 0 Å². The van der Waals surface area contributed by atoms with Gasteiger partial charge in [0.15, 0.2) is 0 Å². The number of ether oxygens (including phenoxy) is 3. The van der Waals surface area contributed by atoms with E-state index in [1.54, 1.807) is 0 Å². The van der Waals surface area contributed by atoms with Crippen molar-refractivity contribution in [1.29, 1.82) is 0 Å². The largest absolute Gasteiger partial charge is 0.501 e. The van der Waals surface area contributed by atoms with Crippen LogP contribution in [-0.4, -0.2) is 32.5 Å². The number of rotatable bonds is 5. The average molecular weight is 226 g/mol. The van der Waals surface area contributed by atoms with Crippen molar-refractivity contribution in [3.8, 4) is 0 Å². The summed E-state index contributed by atoms with van der Waals surface area (Å²) in [7, 11) is 0. The van der Waals surface area contributed by atoms with Gasteiger partial charge in [-0.1, -0.05) is 0 Å². The predicted octanol–water partition coefficient (Wildman–Crippen LogP) is 2.66. The summed E-state index contributed by atoms with van der Waals surface area (Å²) < 4.78 is 16.5. The van der Waals surface area contributed by atoms with Gasteiger partial charge in [-0.15, -0.1) is 0 Å². The van der Waals surface area contributed by atoms with Gasteiger partial charge in [-0.3, -0.25) is 0 Å². The Balaban J connectivity index is 1.49. The molecule has 1 aliphatic carbocycles. The van der Waals surface area contributed by atoms with E-state index < -0.39 is 0 Å². The minimum absolute atomic E-state index is 0.288. The molecule has 1 atom stereocenters. The van der Waals surface area contributed by atoms with E-state index in [4.69, 9.17) is 14.2 Å². The molecule has 2 rings (SSSR count). The molecule has 0 amide bonds. The van der Waals surface area contributed by atoms with Gasteiger partial charge in [-0.25, -0.2) is 0 Å². The summed E-state index contributed by atoms with van der Waals surface area (Å²) in [6.07, 6.45) is 9.51. The highest BCUT2D eigenvalue weighted by molar-refractivity contribution is 5.02. The van der Waals surface area contributed by atoms with Gasteiger partial charge < -0.3 is 14.2 Å². The lowest BCUT2D eigenvalue weighted by Gasteiger charge is -2.22. The van der Waals surface area contributed by atoms with Crippen LogP contribution in [0.2, 0.25) is 0 Å². The van der Waals surface area contributed by atoms with Gasteiger partial charge in [0.2, 0.25) is 0 Å². The van der Waals surface area contributed by atoms with Crippen LogP contribution in [-0.2, 0) is 14.2 Å². The van der Waals surface area contributed by atoms with Gasteiger partial charge in [-0.2, -0.15) is 0 Å². The smallest absolute Gasteiger partial charge is 0.0874 e. The third-order valence-corrected chi connectivity index (χ3v) is 3.17. The molecule has 3 heteroatoms. The highest BCUT2D eigenvalue weighted by Gasteiger charge is 2.13. The minimum Gasteiger partial charge on any atom is -0.501 e. The van der Waals surface area contributed by atoms with Crippen molar-refractivity contribution in [2.75, 3.05) is 26.4 Å². The van der Waals surface area contributed by atoms with Gasteiger partial charge in [0.05, 0.1) is 38.8 Å². The summed E-state index contributed by atoms with van der Waals surface area (Å²) in [5.74, 6) is 0. The summed E-state index contributed by atoms with van der Waals surface area (Å²) in [5, 5.41) is 0. The monoisotopic (exact) mass is 226 g/mol. The summed E-state index contributed by atoms with van der Waals surface area (Å²) in [6.45, 7) is 3.05. The molecule has 0 spiro atoms. The van der Waals surface area contributed by atoms with Gasteiger partial charge in [0.1, 0.15) is 0 Å². The van der Waals surface area contributed by atoms with Crippen LogP contribution in [0.4, 0.5) is 0 Å². The zero-order valence-corrected chi connectivity index (χ0v) is 9.95. The van der Waals surface area contributed by atoms with Crippen molar-refractivity contribution >= 4 is 0 Å². The normalized spacial score (nSPS) is 25.8. The molecule has 2 fully saturated rings. The van der Waals surface area contributed by atoms with Crippen LogP contribution in [0.5, 0.6) is 0 Å². The summed E-state index contributed by atoms with van der Waals surface area (Å²) >= 11 is 0. The van der Waals surface area contributed by atoms with Crippen LogP contribution in [0.15, 0.2) is 11.8 Å². The number of allylic oxidation sites excluding steroid dienone is 1. The summed E-state index contributed by atoms with van der Waals surface area (Å²) in [6, 6.07) is 0. The molecule has 0 N–H and O–H groups in total. The summed E-state index contributed by atoms with van der Waals surface area (Å²) in [4.78, 5) is 0. The number of hydrogen-bond donors (Lipinski definition) is 0. The van der Waals surface area contributed by atoms with E-state index in [2.05, 4.69) is 0 Å². The van der Waals surface area contributed by atoms with Crippen LogP contribution in [0.1, 0.15) is 38.5 Å². The van der Waals surface area contributed by atoms with Crippen LogP contribution in [0, 0.1) is 0 Å². The van der Waals surface area contributed by atoms with E-state index in [-0.39, 0.29) is 6.10 Å². The van der Waals surface area contributed by atoms with E-state index in [0.717, 1.165) is 39.3 Å². The van der Waals surface area contributed by atoms with Crippen LogP contribution in [0.25, 0.3) is 0 Å². The molecule has 1 saturated heterocycles. The predicted molar refractivity (Wildman–Crippen MR) is 62.3 cm³/mol. The van der Waals surface area contributed by atoms with E-state index >= 15 is 0 Å². The molecule has 0 radical (unpaired) electrons. The van der Waals surface area contributed by atoms with Crippen molar-refractivity contribution in [3.05, 3.63) is 11.8 Å². The molecule has 1 unspecified atom stereocenters. The first kappa shape index (κ1) is 11.9. The molecule has 0 aromatic heterocycles. The maximum Gasteiger partial charge on any atom is 0.0874 e. The molecule has 92 valence electrons. The minimum atomic E-state index is 0.288. The maximum absolute atomic E-state index is 5.56. The Bertz CT molecular complexity index is 211. The fraction of sp³-hybridized carbons (Fsp3) is 0.846. The molecule has 1 heterocycles. The van der Waals surface area contributed by atoms with E-state index in [0.29, 0.717) is 0 Å². The Kier molecular flexibility index (Phi) is 5.16. The van der Waals surface area contributed by atoms with Gasteiger partial charge in [0, 0.05) is 0 Å². The Labute approximate surface area is 97.8 Å². The van der Waals surface area contributed by atoms with Crippen LogP contribution in [0.3, 0.4) is 0 Å². The molecular weight excluding hydrogens is 204 g/mol. The molecule has 0 aromatic carbocycles.